The molecule has 0 atom stereocenters. The molecule has 0 bridgehead atoms. The van der Waals surface area contributed by atoms with E-state index in [0.717, 1.165) is 13.0 Å². The van der Waals surface area contributed by atoms with Crippen LogP contribution in [0.25, 0.3) is 0 Å². The normalized spacial score (nSPS) is 12.8. The molecule has 0 aliphatic heterocycles. The van der Waals surface area contributed by atoms with Crippen LogP contribution in [-0.4, -0.2) is 12.2 Å². The number of ether oxygens (including phenoxy) is 1. The van der Waals surface area contributed by atoms with Gasteiger partial charge in [-0.3, -0.25) is 0 Å². The molecule has 60 valence electrons. The van der Waals surface area contributed by atoms with E-state index in [4.69, 9.17) is 4.74 Å². The fourth-order valence-corrected chi connectivity index (χ4v) is 0.600. The first-order valence-electron chi connectivity index (χ1n) is 3.81. The highest BCUT2D eigenvalue weighted by molar-refractivity contribution is 4.76. The van der Waals surface area contributed by atoms with Crippen molar-refractivity contribution in [2.45, 2.75) is 39.7 Å². The first kappa shape index (κ1) is 9.70. The molecule has 10 heavy (non-hydrogen) atoms. The summed E-state index contributed by atoms with van der Waals surface area (Å²) in [4.78, 5) is 0. The molecule has 1 heteroatoms. The Morgan fingerprint density at radius 1 is 1.30 bits per heavy atom. The van der Waals surface area contributed by atoms with Crippen molar-refractivity contribution in [1.82, 2.24) is 0 Å². The Balaban J connectivity index is 3.20. The quantitative estimate of drug-likeness (QED) is 0.435. The largest absolute Gasteiger partial charge is 0.376 e. The van der Waals surface area contributed by atoms with Gasteiger partial charge in [-0.2, -0.15) is 0 Å². The average Bonchev–Trinajstić information content (AvgIpc) is 1.78. The van der Waals surface area contributed by atoms with Crippen LogP contribution < -0.4 is 0 Å². The van der Waals surface area contributed by atoms with Crippen LogP contribution in [0.2, 0.25) is 0 Å². The molecule has 0 aliphatic rings. The maximum absolute atomic E-state index is 5.48. The Morgan fingerprint density at radius 3 is 2.30 bits per heavy atom. The highest BCUT2D eigenvalue weighted by Gasteiger charge is 2.07. The highest BCUT2D eigenvalue weighted by Crippen LogP contribution is 2.06. The van der Waals surface area contributed by atoms with Crippen LogP contribution in [0.1, 0.15) is 34.1 Å². The van der Waals surface area contributed by atoms with Crippen molar-refractivity contribution in [2.24, 2.45) is 0 Å². The summed E-state index contributed by atoms with van der Waals surface area (Å²) in [5.74, 6) is 0. The fourth-order valence-electron chi connectivity index (χ4n) is 0.600. The third kappa shape index (κ3) is 7.70. The highest BCUT2D eigenvalue weighted by atomic mass is 16.5. The SMILES string of the molecule is C/C=C/CCOC(C)(C)C. The second-order valence-electron chi connectivity index (χ2n) is 3.32. The van der Waals surface area contributed by atoms with Crippen LogP contribution in [0.3, 0.4) is 0 Å². The lowest BCUT2D eigenvalue weighted by molar-refractivity contribution is -0.000115. The molecule has 0 fully saturated rings. The lowest BCUT2D eigenvalue weighted by atomic mass is 10.2. The molecule has 0 rings (SSSR count). The predicted molar refractivity (Wildman–Crippen MR) is 45.1 cm³/mol. The zero-order valence-electron chi connectivity index (χ0n) is 7.48. The molecule has 0 amide bonds. The third-order valence-electron chi connectivity index (χ3n) is 1.06. The minimum absolute atomic E-state index is 0.0155. The molecule has 0 heterocycles. The van der Waals surface area contributed by atoms with Gasteiger partial charge in [-0.15, -0.1) is 0 Å². The molecule has 0 saturated heterocycles. The Bertz CT molecular complexity index is 97.8. The van der Waals surface area contributed by atoms with Crippen LogP contribution in [-0.2, 0) is 4.74 Å². The Hall–Kier alpha value is -0.300. The summed E-state index contributed by atoms with van der Waals surface area (Å²) in [6.45, 7) is 9.07. The summed E-state index contributed by atoms with van der Waals surface area (Å²) in [6.07, 6.45) is 5.19. The summed E-state index contributed by atoms with van der Waals surface area (Å²) in [5.41, 5.74) is 0.0155. The molecule has 0 aromatic heterocycles. The summed E-state index contributed by atoms with van der Waals surface area (Å²) in [5, 5.41) is 0. The van der Waals surface area contributed by atoms with Crippen molar-refractivity contribution in [3.8, 4) is 0 Å². The van der Waals surface area contributed by atoms with E-state index in [2.05, 4.69) is 26.8 Å². The zero-order valence-corrected chi connectivity index (χ0v) is 7.48. The van der Waals surface area contributed by atoms with Gasteiger partial charge in [0.1, 0.15) is 0 Å². The monoisotopic (exact) mass is 142 g/mol. The van der Waals surface area contributed by atoms with Gasteiger partial charge >= 0.3 is 0 Å². The fraction of sp³-hybridized carbons (Fsp3) is 0.778. The maximum atomic E-state index is 5.48. The van der Waals surface area contributed by atoms with E-state index in [-0.39, 0.29) is 5.60 Å². The van der Waals surface area contributed by atoms with Gasteiger partial charge in [0.15, 0.2) is 0 Å². The van der Waals surface area contributed by atoms with Gasteiger partial charge in [0.25, 0.3) is 0 Å². The van der Waals surface area contributed by atoms with E-state index in [9.17, 15) is 0 Å². The smallest absolute Gasteiger partial charge is 0.0598 e. The van der Waals surface area contributed by atoms with E-state index < -0.39 is 0 Å². The number of allylic oxidation sites excluding steroid dienone is 1. The molecule has 0 saturated carbocycles. The van der Waals surface area contributed by atoms with Gasteiger partial charge in [0.2, 0.25) is 0 Å². The summed E-state index contributed by atoms with van der Waals surface area (Å²) in [6, 6.07) is 0. The molecule has 0 aromatic rings. The average molecular weight is 142 g/mol. The van der Waals surface area contributed by atoms with Gasteiger partial charge in [-0.05, 0) is 34.1 Å². The van der Waals surface area contributed by atoms with Crippen LogP contribution >= 0.6 is 0 Å². The lowest BCUT2D eigenvalue weighted by Gasteiger charge is -2.18. The van der Waals surface area contributed by atoms with Gasteiger partial charge < -0.3 is 4.74 Å². The van der Waals surface area contributed by atoms with Crippen molar-refractivity contribution in [3.63, 3.8) is 0 Å². The van der Waals surface area contributed by atoms with Crippen molar-refractivity contribution in [2.75, 3.05) is 6.61 Å². The minimum atomic E-state index is 0.0155. The molecule has 0 radical (unpaired) electrons. The van der Waals surface area contributed by atoms with E-state index in [1.807, 2.05) is 13.0 Å². The summed E-state index contributed by atoms with van der Waals surface area (Å²) >= 11 is 0. The first-order chi connectivity index (χ1) is 4.56. The van der Waals surface area contributed by atoms with Gasteiger partial charge in [-0.1, -0.05) is 12.2 Å². The Morgan fingerprint density at radius 2 is 1.90 bits per heavy atom. The second-order valence-corrected chi connectivity index (χ2v) is 3.32. The lowest BCUT2D eigenvalue weighted by Crippen LogP contribution is -2.19. The van der Waals surface area contributed by atoms with Crippen molar-refractivity contribution in [1.29, 1.82) is 0 Å². The van der Waals surface area contributed by atoms with Crippen molar-refractivity contribution in [3.05, 3.63) is 12.2 Å². The van der Waals surface area contributed by atoms with Gasteiger partial charge in [-0.25, -0.2) is 0 Å². The predicted octanol–water partition coefficient (Wildman–Crippen LogP) is 2.77. The Labute approximate surface area is 64.1 Å². The molecular weight excluding hydrogens is 124 g/mol. The summed E-state index contributed by atoms with van der Waals surface area (Å²) in [7, 11) is 0. The molecule has 0 aromatic carbocycles. The summed E-state index contributed by atoms with van der Waals surface area (Å²) < 4.78 is 5.48. The van der Waals surface area contributed by atoms with E-state index in [1.54, 1.807) is 0 Å². The van der Waals surface area contributed by atoms with Gasteiger partial charge in [0, 0.05) is 0 Å². The minimum Gasteiger partial charge on any atom is -0.376 e. The van der Waals surface area contributed by atoms with Crippen LogP contribution in [0, 0.1) is 0 Å². The molecular formula is C9H18O. The standard InChI is InChI=1S/C9H18O/c1-5-6-7-8-10-9(2,3)4/h5-6H,7-8H2,1-4H3/b6-5+. The number of rotatable bonds is 3. The van der Waals surface area contributed by atoms with Crippen LogP contribution in [0.15, 0.2) is 12.2 Å². The molecule has 0 N–H and O–H groups in total. The third-order valence-corrected chi connectivity index (χ3v) is 1.06. The molecule has 0 aliphatic carbocycles. The zero-order chi connectivity index (χ0) is 8.04. The number of hydrogen-bond donors (Lipinski definition) is 0. The van der Waals surface area contributed by atoms with Crippen molar-refractivity contribution < 1.29 is 4.74 Å². The van der Waals surface area contributed by atoms with Crippen molar-refractivity contribution >= 4 is 0 Å². The molecule has 0 spiro atoms. The topological polar surface area (TPSA) is 9.23 Å². The van der Waals surface area contributed by atoms with Crippen LogP contribution in [0.4, 0.5) is 0 Å². The Kier molecular flexibility index (Phi) is 4.37. The first-order valence-corrected chi connectivity index (χ1v) is 3.81. The number of hydrogen-bond acceptors (Lipinski definition) is 1. The van der Waals surface area contributed by atoms with E-state index in [0.29, 0.717) is 0 Å². The van der Waals surface area contributed by atoms with Gasteiger partial charge in [0.05, 0.1) is 12.2 Å². The molecule has 1 nitrogen and oxygen atoms in total. The molecule has 0 unspecified atom stereocenters. The second kappa shape index (κ2) is 4.51. The van der Waals surface area contributed by atoms with E-state index in [1.165, 1.54) is 0 Å². The van der Waals surface area contributed by atoms with Crippen LogP contribution in [0.5, 0.6) is 0 Å². The maximum Gasteiger partial charge on any atom is 0.0598 e. The van der Waals surface area contributed by atoms with E-state index >= 15 is 0 Å².